The Morgan fingerprint density at radius 3 is 2.34 bits per heavy atom. The Hall–Kier alpha value is -3.48. The van der Waals surface area contributed by atoms with E-state index in [0.29, 0.717) is 29.0 Å². The van der Waals surface area contributed by atoms with Gasteiger partial charge in [-0.3, -0.25) is 0 Å². The Labute approximate surface area is 197 Å². The fourth-order valence-corrected chi connectivity index (χ4v) is 3.10. The highest BCUT2D eigenvalue weighted by molar-refractivity contribution is 5.89. The van der Waals surface area contributed by atoms with Gasteiger partial charge in [-0.25, -0.2) is 23.5 Å². The predicted molar refractivity (Wildman–Crippen MR) is 119 cm³/mol. The Balaban J connectivity index is 0.000000360. The van der Waals surface area contributed by atoms with Crippen LogP contribution < -0.4 is 16.4 Å². The average Bonchev–Trinajstić information content (AvgIpc) is 3.52. The van der Waals surface area contributed by atoms with E-state index >= 15 is 0 Å². The van der Waals surface area contributed by atoms with Crippen LogP contribution in [-0.2, 0) is 0 Å². The number of nitrogen functional groups attached to an aromatic ring is 1. The number of hydrogen-bond acceptors (Lipinski definition) is 6. The Kier molecular flexibility index (Phi) is 10.2. The maximum atomic E-state index is 13.8. The number of aromatic nitrogens is 2. The summed E-state index contributed by atoms with van der Waals surface area (Å²) in [6.07, 6.45) is 6.48. The van der Waals surface area contributed by atoms with Crippen molar-refractivity contribution in [3.05, 3.63) is 47.5 Å². The van der Waals surface area contributed by atoms with Gasteiger partial charge in [0.25, 0.3) is 0 Å². The van der Waals surface area contributed by atoms with Crippen LogP contribution in [0.1, 0.15) is 43.6 Å². The summed E-state index contributed by atoms with van der Waals surface area (Å²) < 4.78 is 61.7. The van der Waals surface area contributed by atoms with Gasteiger partial charge in [0, 0.05) is 23.6 Å². The highest BCUT2D eigenvalue weighted by Crippen LogP contribution is 2.32. The summed E-state index contributed by atoms with van der Waals surface area (Å²) in [5.74, 6) is -0.160. The number of aliphatic hydroxyl groups is 1. The molecule has 1 aliphatic carbocycles. The molecule has 1 saturated carbocycles. The largest absolute Gasteiger partial charge is 0.456 e. The van der Waals surface area contributed by atoms with Crippen molar-refractivity contribution in [3.63, 3.8) is 0 Å². The molecule has 0 radical (unpaired) electrons. The molecule has 2 heterocycles. The summed E-state index contributed by atoms with van der Waals surface area (Å²) in [5.41, 5.74) is 6.23. The van der Waals surface area contributed by atoms with Crippen LogP contribution in [0.25, 0.3) is 11.0 Å². The highest BCUT2D eigenvalue weighted by atomic mass is 19.4. The normalized spacial score (nSPS) is 13.4. The monoisotopic (exact) mass is 503 g/mol. The lowest BCUT2D eigenvalue weighted by Crippen LogP contribution is -2.31. The van der Waals surface area contributed by atoms with Crippen molar-refractivity contribution in [1.29, 1.82) is 0 Å². The summed E-state index contributed by atoms with van der Waals surface area (Å²) in [6.45, 7) is 0.0622. The number of aliphatic hydroxyl groups excluding tert-OH is 1. The van der Waals surface area contributed by atoms with Crippen molar-refractivity contribution < 1.29 is 36.3 Å². The molecule has 5 N–H and O–H groups in total. The van der Waals surface area contributed by atoms with E-state index in [9.17, 15) is 26.7 Å². The van der Waals surface area contributed by atoms with E-state index in [-0.39, 0.29) is 11.5 Å². The third kappa shape index (κ3) is 9.00. The van der Waals surface area contributed by atoms with Gasteiger partial charge < -0.3 is 25.9 Å². The van der Waals surface area contributed by atoms with Gasteiger partial charge in [0.05, 0.1) is 24.1 Å². The van der Waals surface area contributed by atoms with Crippen molar-refractivity contribution in [2.24, 2.45) is 5.92 Å². The Bertz CT molecular complexity index is 1100. The lowest BCUT2D eigenvalue weighted by Gasteiger charge is -2.13. The first-order valence-corrected chi connectivity index (χ1v) is 10.6. The number of nitrogens with zero attached hydrogens (tertiary/aromatic N) is 2. The van der Waals surface area contributed by atoms with Crippen molar-refractivity contribution in [3.8, 4) is 0 Å². The predicted octanol–water partition coefficient (Wildman–Crippen LogP) is 5.23. The summed E-state index contributed by atoms with van der Waals surface area (Å²) in [7, 11) is 0. The van der Waals surface area contributed by atoms with Gasteiger partial charge in [0.1, 0.15) is 11.6 Å². The fraction of sp³-hybridized carbons (Fsp3) is 0.409. The van der Waals surface area contributed by atoms with Crippen molar-refractivity contribution in [1.82, 2.24) is 15.3 Å². The summed E-state index contributed by atoms with van der Waals surface area (Å²) in [5, 5.41) is 13.8. The summed E-state index contributed by atoms with van der Waals surface area (Å²) >= 11 is 0. The topological polar surface area (TPSA) is 126 Å². The van der Waals surface area contributed by atoms with Crippen LogP contribution in [0.2, 0.25) is 0 Å². The molecule has 1 fully saturated rings. The number of benzene rings is 1. The van der Waals surface area contributed by atoms with Gasteiger partial charge in [-0.2, -0.15) is 13.2 Å². The molecule has 8 nitrogen and oxygen atoms in total. The number of fused-ring (bicyclic) bond motifs is 1. The maximum absolute atomic E-state index is 13.8. The van der Waals surface area contributed by atoms with E-state index in [4.69, 9.17) is 15.3 Å². The smallest absolute Gasteiger partial charge is 0.379 e. The van der Waals surface area contributed by atoms with E-state index in [1.807, 2.05) is 0 Å². The van der Waals surface area contributed by atoms with Crippen LogP contribution in [0.5, 0.6) is 0 Å². The number of halogens is 5. The number of carbonyl (C=O) groups is 1. The molecule has 0 bridgehead atoms. The van der Waals surface area contributed by atoms with Gasteiger partial charge in [0.15, 0.2) is 11.4 Å². The number of urea groups is 1. The van der Waals surface area contributed by atoms with Gasteiger partial charge in [0.2, 0.25) is 5.95 Å². The minimum atomic E-state index is -3.67. The summed E-state index contributed by atoms with van der Waals surface area (Å²) in [6, 6.07) is 0.831. The summed E-state index contributed by atoms with van der Waals surface area (Å²) in [4.78, 5) is 19.6. The molecule has 1 aliphatic rings. The second-order valence-electron chi connectivity index (χ2n) is 7.71. The highest BCUT2D eigenvalue weighted by Gasteiger charge is 2.21. The van der Waals surface area contributed by atoms with Crippen LogP contribution in [-0.4, -0.2) is 34.4 Å². The van der Waals surface area contributed by atoms with E-state index in [2.05, 4.69) is 20.6 Å². The molecule has 1 atom stereocenters. The lowest BCUT2D eigenvalue weighted by molar-refractivity contribution is 0.00818. The number of rotatable bonds is 5. The molecule has 1 unspecified atom stereocenters. The molecule has 0 saturated heterocycles. The van der Waals surface area contributed by atoms with Crippen molar-refractivity contribution in [2.75, 3.05) is 17.7 Å². The van der Waals surface area contributed by atoms with E-state index < -0.39 is 30.4 Å². The van der Waals surface area contributed by atoms with Crippen LogP contribution in [0.3, 0.4) is 0 Å². The molecule has 4 rings (SSSR count). The second kappa shape index (κ2) is 12.8. The average molecular weight is 503 g/mol. The number of amides is 2. The van der Waals surface area contributed by atoms with Gasteiger partial charge >= 0.3 is 12.7 Å². The minimum Gasteiger partial charge on any atom is -0.456 e. The fourth-order valence-electron chi connectivity index (χ4n) is 3.10. The Morgan fingerprint density at radius 2 is 1.83 bits per heavy atom. The third-order valence-electron chi connectivity index (χ3n) is 4.90. The first-order chi connectivity index (χ1) is 16.5. The van der Waals surface area contributed by atoms with Gasteiger partial charge in [-0.15, -0.1) is 0 Å². The molecular formula is C22H26F5N5O3. The van der Waals surface area contributed by atoms with Crippen LogP contribution >= 0.6 is 0 Å². The number of nitrogens with one attached hydrogen (secondary N) is 2. The van der Waals surface area contributed by atoms with Crippen LogP contribution in [0.15, 0.2) is 28.9 Å². The van der Waals surface area contributed by atoms with Crippen molar-refractivity contribution in [2.45, 2.75) is 45.8 Å². The number of carbonyl (C=O) groups excluding carboxylic acids is 1. The van der Waals surface area contributed by atoms with E-state index in [1.165, 1.54) is 31.3 Å². The molecule has 192 valence electrons. The number of aryl methyl sites for hydroxylation is 1. The molecule has 2 aromatic heterocycles. The molecule has 2 amide bonds. The molecule has 0 spiro atoms. The molecule has 1 aromatic carbocycles. The number of hydrogen-bond donors (Lipinski definition) is 4. The number of anilines is 2. The zero-order valence-corrected chi connectivity index (χ0v) is 19.0. The first kappa shape index (κ1) is 27.8. The second-order valence-corrected chi connectivity index (χ2v) is 7.71. The number of furan rings is 1. The number of nitrogens with two attached hydrogens (primary N) is 1. The van der Waals surface area contributed by atoms with E-state index in [0.717, 1.165) is 18.4 Å². The standard InChI is InChI=1S/C16H15F2N5O2.C5H10O.CHF3/c1-7-11-3-9(17)4-12(18)14(11)25-13(7)8(2)22-16(24)23-10-5-20-15(19)21-6-10;6-4-3-5-1-2-5;2-1(3)4/h3-6,8H,1-2H3,(H2,19,20,21)(H2,22,23,24);5-6H,1-4H2;1H. The van der Waals surface area contributed by atoms with Crippen LogP contribution in [0.4, 0.5) is 38.4 Å². The minimum absolute atomic E-state index is 0.0464. The molecule has 13 heteroatoms. The number of alkyl halides is 3. The quantitative estimate of drug-likeness (QED) is 0.353. The maximum Gasteiger partial charge on any atom is 0.379 e. The third-order valence-corrected chi connectivity index (χ3v) is 4.90. The zero-order valence-electron chi connectivity index (χ0n) is 19.0. The zero-order chi connectivity index (χ0) is 26.1. The van der Waals surface area contributed by atoms with E-state index in [1.54, 1.807) is 13.8 Å². The molecular weight excluding hydrogens is 477 g/mol. The SMILES string of the molecule is Cc1c(C(C)NC(=O)Nc2cnc(N)nc2)oc2c(F)cc(F)cc12.FC(F)F.OCCC1CC1. The molecule has 0 aliphatic heterocycles. The molecule has 35 heavy (non-hydrogen) atoms. The van der Waals surface area contributed by atoms with Gasteiger partial charge in [-0.05, 0) is 32.3 Å². The molecule has 3 aromatic rings. The first-order valence-electron chi connectivity index (χ1n) is 10.6. The van der Waals surface area contributed by atoms with Crippen molar-refractivity contribution >= 4 is 28.6 Å². The van der Waals surface area contributed by atoms with Crippen LogP contribution in [0, 0.1) is 24.5 Å². The lowest BCUT2D eigenvalue weighted by atomic mass is 10.1. The van der Waals surface area contributed by atoms with Gasteiger partial charge in [-0.1, -0.05) is 12.8 Å². The Morgan fingerprint density at radius 1 is 1.23 bits per heavy atom.